The predicted octanol–water partition coefficient (Wildman–Crippen LogP) is 0.928. The van der Waals surface area contributed by atoms with Gasteiger partial charge in [-0.25, -0.2) is 14.4 Å². The number of carbonyl (C=O) groups is 3. The third-order valence-electron chi connectivity index (χ3n) is 2.23. The lowest BCUT2D eigenvalue weighted by Crippen LogP contribution is -2.27. The topological polar surface area (TPSA) is 116 Å². The van der Waals surface area contributed by atoms with Crippen LogP contribution < -0.4 is 0 Å². The maximum atomic E-state index is 10.8. The normalized spacial score (nSPS) is 20.4. The molecule has 0 spiro atoms. The molecule has 0 saturated heterocycles. The summed E-state index contributed by atoms with van der Waals surface area (Å²) in [4.78, 5) is 45.9. The molecular weight excluding hydrogens is 282 g/mol. The number of nitrogens with zero attached hydrogens (tertiary/aromatic N) is 3. The monoisotopic (exact) mass is 297 g/mol. The molecule has 0 heterocycles. The highest BCUT2D eigenvalue weighted by atomic mass is 16.7. The van der Waals surface area contributed by atoms with Gasteiger partial charge >= 0.3 is 17.9 Å². The second kappa shape index (κ2) is 7.88. The summed E-state index contributed by atoms with van der Waals surface area (Å²) in [6.07, 6.45) is 0.973. The Labute approximate surface area is 120 Å². The molecule has 0 aliphatic heterocycles. The van der Waals surface area contributed by atoms with Crippen molar-refractivity contribution in [3.63, 3.8) is 0 Å². The average Bonchev–Trinajstić information content (AvgIpc) is 2.41. The minimum Gasteiger partial charge on any atom is -0.319 e. The Morgan fingerprint density at radius 1 is 0.762 bits per heavy atom. The molecule has 1 fully saturated rings. The lowest BCUT2D eigenvalue weighted by Gasteiger charge is -2.15. The van der Waals surface area contributed by atoms with E-state index in [2.05, 4.69) is 30.0 Å². The first-order chi connectivity index (χ1) is 9.88. The fourth-order valence-corrected chi connectivity index (χ4v) is 1.42. The maximum absolute atomic E-state index is 10.8. The summed E-state index contributed by atoms with van der Waals surface area (Å²) >= 11 is 0. The van der Waals surface area contributed by atoms with Crippen molar-refractivity contribution in [1.29, 1.82) is 0 Å². The fraction of sp³-hybridized carbons (Fsp3) is 0.500. The summed E-state index contributed by atoms with van der Waals surface area (Å²) in [6, 6.07) is 0. The number of hydrogen-bond acceptors (Lipinski definition) is 9. The summed E-state index contributed by atoms with van der Waals surface area (Å²) in [7, 11) is 0. The van der Waals surface area contributed by atoms with Crippen molar-refractivity contribution in [2.75, 3.05) is 0 Å². The van der Waals surface area contributed by atoms with Crippen LogP contribution in [0.1, 0.15) is 40.0 Å². The van der Waals surface area contributed by atoms with Crippen LogP contribution in [0.15, 0.2) is 15.5 Å². The van der Waals surface area contributed by atoms with Crippen LogP contribution >= 0.6 is 0 Å². The Hall–Kier alpha value is -2.58. The number of hydrogen-bond donors (Lipinski definition) is 0. The van der Waals surface area contributed by atoms with Gasteiger partial charge in [-0.05, 0) is 6.42 Å². The van der Waals surface area contributed by atoms with Crippen molar-refractivity contribution in [2.45, 2.75) is 40.0 Å². The van der Waals surface area contributed by atoms with Gasteiger partial charge in [0.1, 0.15) is 11.4 Å². The maximum Gasteiger partial charge on any atom is 0.331 e. The van der Waals surface area contributed by atoms with Gasteiger partial charge in [0, 0.05) is 33.6 Å². The van der Waals surface area contributed by atoms with Gasteiger partial charge in [-0.15, -0.1) is 0 Å². The quantitative estimate of drug-likeness (QED) is 0.565. The predicted molar refractivity (Wildman–Crippen MR) is 71.5 cm³/mol. The van der Waals surface area contributed by atoms with E-state index in [4.69, 9.17) is 0 Å². The molecule has 9 nitrogen and oxygen atoms in total. The number of rotatable bonds is 3. The van der Waals surface area contributed by atoms with E-state index in [1.807, 2.05) is 0 Å². The van der Waals surface area contributed by atoms with Crippen molar-refractivity contribution in [3.8, 4) is 0 Å². The average molecular weight is 297 g/mol. The lowest BCUT2D eigenvalue weighted by molar-refractivity contribution is -0.142. The summed E-state index contributed by atoms with van der Waals surface area (Å²) < 4.78 is 0. The molecule has 0 unspecified atom stereocenters. The zero-order valence-electron chi connectivity index (χ0n) is 11.9. The van der Waals surface area contributed by atoms with Crippen molar-refractivity contribution in [2.24, 2.45) is 15.5 Å². The van der Waals surface area contributed by atoms with Gasteiger partial charge in [-0.3, -0.25) is 0 Å². The Morgan fingerprint density at radius 3 is 1.76 bits per heavy atom. The van der Waals surface area contributed by atoms with Crippen LogP contribution in [0.2, 0.25) is 0 Å². The Kier molecular flexibility index (Phi) is 6.18. The van der Waals surface area contributed by atoms with Gasteiger partial charge in [0.2, 0.25) is 0 Å². The van der Waals surface area contributed by atoms with E-state index >= 15 is 0 Å². The van der Waals surface area contributed by atoms with E-state index in [9.17, 15) is 14.4 Å². The molecule has 21 heavy (non-hydrogen) atoms. The number of carbonyl (C=O) groups excluding carboxylic acids is 3. The van der Waals surface area contributed by atoms with Gasteiger partial charge in [-0.1, -0.05) is 15.5 Å². The van der Waals surface area contributed by atoms with Gasteiger partial charge in [0.25, 0.3) is 0 Å². The summed E-state index contributed by atoms with van der Waals surface area (Å²) in [6.45, 7) is 3.64. The second-order valence-electron chi connectivity index (χ2n) is 4.16. The second-order valence-corrected chi connectivity index (χ2v) is 4.16. The molecule has 1 rings (SSSR count). The molecule has 0 N–H and O–H groups in total. The van der Waals surface area contributed by atoms with Crippen LogP contribution in [-0.4, -0.2) is 35.0 Å². The van der Waals surface area contributed by atoms with E-state index in [0.29, 0.717) is 24.3 Å². The van der Waals surface area contributed by atoms with Crippen LogP contribution in [-0.2, 0) is 28.9 Å². The van der Waals surface area contributed by atoms with Crippen molar-refractivity contribution in [1.82, 2.24) is 0 Å². The highest BCUT2D eigenvalue weighted by molar-refractivity contribution is 6.47. The lowest BCUT2D eigenvalue weighted by atomic mass is 9.95. The molecule has 0 radical (unpaired) electrons. The zero-order valence-corrected chi connectivity index (χ0v) is 11.9. The zero-order chi connectivity index (χ0) is 15.8. The van der Waals surface area contributed by atoms with E-state index in [1.54, 1.807) is 0 Å². The smallest absolute Gasteiger partial charge is 0.319 e. The van der Waals surface area contributed by atoms with Gasteiger partial charge < -0.3 is 14.5 Å². The molecule has 114 valence electrons. The largest absolute Gasteiger partial charge is 0.331 e. The minimum atomic E-state index is -0.599. The third kappa shape index (κ3) is 6.41. The summed E-state index contributed by atoms with van der Waals surface area (Å²) in [5.41, 5.74) is 1.19. The molecule has 0 aromatic heterocycles. The molecule has 1 aliphatic carbocycles. The molecule has 0 aromatic carbocycles. The highest BCUT2D eigenvalue weighted by Crippen LogP contribution is 2.13. The first-order valence-corrected chi connectivity index (χ1v) is 6.11. The third-order valence-corrected chi connectivity index (χ3v) is 2.23. The van der Waals surface area contributed by atoms with Crippen molar-refractivity contribution < 1.29 is 28.9 Å². The Balaban J connectivity index is 2.88. The van der Waals surface area contributed by atoms with Crippen molar-refractivity contribution >= 4 is 35.0 Å². The summed E-state index contributed by atoms with van der Waals surface area (Å²) in [5, 5.41) is 11.0. The molecule has 1 saturated carbocycles. The SMILES string of the molecule is CC(=O)O/N=C1/CC/C(=N\OC(C)=O)C/C1=N\OC(C)=O. The first kappa shape index (κ1) is 16.5. The minimum absolute atomic E-state index is 0.167. The van der Waals surface area contributed by atoms with Gasteiger partial charge in [-0.2, -0.15) is 0 Å². The molecular formula is C12H15N3O6. The standard InChI is InChI=1S/C12H15N3O6/c1-7(16)19-13-10-4-5-11(14-20-8(2)17)12(6-10)15-21-9(3)18/h4-6H2,1-3H3/b13-10+,14-11-,15-12+. The van der Waals surface area contributed by atoms with Crippen LogP contribution in [0.5, 0.6) is 0 Å². The first-order valence-electron chi connectivity index (χ1n) is 6.11. The van der Waals surface area contributed by atoms with E-state index in [-0.39, 0.29) is 12.1 Å². The van der Waals surface area contributed by atoms with Crippen molar-refractivity contribution in [3.05, 3.63) is 0 Å². The van der Waals surface area contributed by atoms with Crippen LogP contribution in [0.4, 0.5) is 0 Å². The van der Waals surface area contributed by atoms with E-state index < -0.39 is 17.9 Å². The van der Waals surface area contributed by atoms with Crippen LogP contribution in [0, 0.1) is 0 Å². The Morgan fingerprint density at radius 2 is 1.24 bits per heavy atom. The van der Waals surface area contributed by atoms with Gasteiger partial charge in [0.05, 0.1) is 5.71 Å². The molecule has 0 amide bonds. The van der Waals surface area contributed by atoms with E-state index in [1.165, 1.54) is 20.8 Å². The molecule has 1 aliphatic rings. The molecule has 0 atom stereocenters. The molecule has 9 heteroatoms. The van der Waals surface area contributed by atoms with Crippen LogP contribution in [0.3, 0.4) is 0 Å². The van der Waals surface area contributed by atoms with Gasteiger partial charge in [0.15, 0.2) is 0 Å². The number of oxime groups is 3. The van der Waals surface area contributed by atoms with E-state index in [0.717, 1.165) is 0 Å². The summed E-state index contributed by atoms with van der Waals surface area (Å²) in [5.74, 6) is -1.72. The van der Waals surface area contributed by atoms with Crippen LogP contribution in [0.25, 0.3) is 0 Å². The highest BCUT2D eigenvalue weighted by Gasteiger charge is 2.23. The Bertz CT molecular complexity index is 535. The molecule has 0 aromatic rings. The molecule has 0 bridgehead atoms. The fourth-order valence-electron chi connectivity index (χ4n) is 1.42.